The van der Waals surface area contributed by atoms with Crippen LogP contribution in [0.3, 0.4) is 0 Å². The summed E-state index contributed by atoms with van der Waals surface area (Å²) in [6, 6.07) is 20.3. The average molecular weight is 474 g/mol. The Bertz CT molecular complexity index is 1050. The second-order valence-electron chi connectivity index (χ2n) is 12.4. The van der Waals surface area contributed by atoms with Crippen molar-refractivity contribution in [3.8, 4) is 0 Å². The summed E-state index contributed by atoms with van der Waals surface area (Å²) in [7, 11) is 0. The molecule has 2 aromatic carbocycles. The maximum absolute atomic E-state index is 13.0. The monoisotopic (exact) mass is 473 g/mol. The molecule has 1 heterocycles. The van der Waals surface area contributed by atoms with Crippen LogP contribution in [-0.4, -0.2) is 28.3 Å². The summed E-state index contributed by atoms with van der Waals surface area (Å²) in [6.07, 6.45) is 5.93. The zero-order valence-electron chi connectivity index (χ0n) is 21.0. The second-order valence-corrected chi connectivity index (χ2v) is 12.4. The van der Waals surface area contributed by atoms with Gasteiger partial charge in [-0.1, -0.05) is 74.5 Å². The highest BCUT2D eigenvalue weighted by atomic mass is 16.3. The van der Waals surface area contributed by atoms with Gasteiger partial charge in [0.15, 0.2) is 0 Å². The molecule has 3 unspecified atom stereocenters. The maximum Gasteiger partial charge on any atom is 0.220 e. The molecule has 4 fully saturated rings. The third-order valence-electron chi connectivity index (χ3n) is 11.1. The van der Waals surface area contributed by atoms with Gasteiger partial charge in [0.2, 0.25) is 5.91 Å². The third kappa shape index (κ3) is 3.29. The van der Waals surface area contributed by atoms with E-state index in [1.165, 1.54) is 0 Å². The molecule has 3 aliphatic carbocycles. The number of piperidine rings is 1. The Balaban J connectivity index is 1.55. The first-order valence-corrected chi connectivity index (χ1v) is 13.6. The molecule has 8 atom stereocenters. The SMILES string of the molecule is C[C@]12CCC(=O)NC1CC(C(O)(c1ccccc1)c1ccccc1)[C@@H]1[C@H]2CC[C@]2(C)C(O)CC[C@@H]12. The predicted octanol–water partition coefficient (Wildman–Crippen LogP) is 5.03. The van der Waals surface area contributed by atoms with Gasteiger partial charge in [0.25, 0.3) is 0 Å². The van der Waals surface area contributed by atoms with Gasteiger partial charge in [-0.3, -0.25) is 4.79 Å². The lowest BCUT2D eigenvalue weighted by molar-refractivity contribution is -0.175. The lowest BCUT2D eigenvalue weighted by Crippen LogP contribution is -2.66. The molecule has 0 radical (unpaired) electrons. The Morgan fingerprint density at radius 3 is 2.09 bits per heavy atom. The molecule has 0 bridgehead atoms. The molecule has 0 aromatic heterocycles. The quantitative estimate of drug-likeness (QED) is 0.586. The molecule has 4 heteroatoms. The summed E-state index contributed by atoms with van der Waals surface area (Å²) in [5, 5.41) is 27.4. The fourth-order valence-electron chi connectivity index (χ4n) is 9.10. The minimum Gasteiger partial charge on any atom is -0.393 e. The molecule has 4 nitrogen and oxygen atoms in total. The van der Waals surface area contributed by atoms with Crippen molar-refractivity contribution in [3.63, 3.8) is 0 Å². The highest BCUT2D eigenvalue weighted by Gasteiger charge is 2.65. The molecule has 186 valence electrons. The van der Waals surface area contributed by atoms with Gasteiger partial charge in [-0.25, -0.2) is 0 Å². The van der Waals surface area contributed by atoms with Crippen molar-refractivity contribution in [1.82, 2.24) is 5.32 Å². The minimum absolute atomic E-state index is 0.0260. The van der Waals surface area contributed by atoms with Crippen molar-refractivity contribution in [1.29, 1.82) is 0 Å². The number of carbonyl (C=O) groups is 1. The van der Waals surface area contributed by atoms with E-state index in [9.17, 15) is 15.0 Å². The van der Waals surface area contributed by atoms with Crippen molar-refractivity contribution in [2.45, 2.75) is 76.5 Å². The van der Waals surface area contributed by atoms with Crippen molar-refractivity contribution in [3.05, 3.63) is 71.8 Å². The first-order chi connectivity index (χ1) is 16.8. The summed E-state index contributed by atoms with van der Waals surface area (Å²) in [4.78, 5) is 12.6. The number of carbonyl (C=O) groups excluding carboxylic acids is 1. The molecule has 6 rings (SSSR count). The third-order valence-corrected chi connectivity index (χ3v) is 11.1. The molecule has 2 aromatic rings. The Kier molecular flexibility index (Phi) is 5.43. The fraction of sp³-hybridized carbons (Fsp3) is 0.581. The second kappa shape index (κ2) is 8.18. The van der Waals surface area contributed by atoms with E-state index in [1.807, 2.05) is 36.4 Å². The number of hydrogen-bond acceptors (Lipinski definition) is 3. The normalized spacial score (nSPS) is 40.9. The molecule has 35 heavy (non-hydrogen) atoms. The van der Waals surface area contributed by atoms with Crippen LogP contribution in [0, 0.1) is 34.5 Å². The molecule has 0 spiro atoms. The van der Waals surface area contributed by atoms with E-state index in [0.717, 1.165) is 49.7 Å². The van der Waals surface area contributed by atoms with Gasteiger partial charge in [-0.15, -0.1) is 0 Å². The van der Waals surface area contributed by atoms with E-state index in [4.69, 9.17) is 0 Å². The van der Waals surface area contributed by atoms with Gasteiger partial charge in [0.1, 0.15) is 5.60 Å². The Labute approximate surface area is 209 Å². The molecule has 1 aliphatic heterocycles. The zero-order valence-corrected chi connectivity index (χ0v) is 21.0. The summed E-state index contributed by atoms with van der Waals surface area (Å²) in [6.45, 7) is 4.69. The van der Waals surface area contributed by atoms with E-state index < -0.39 is 5.60 Å². The van der Waals surface area contributed by atoms with Crippen LogP contribution in [0.5, 0.6) is 0 Å². The standard InChI is InChI=1S/C31H39NO3/c1-29-18-16-27(34)32-25(29)19-24(28-22-13-14-26(33)30(22,2)17-15-23(28)29)31(35,20-9-5-3-6-10-20)21-11-7-4-8-12-21/h3-12,22-26,28,33,35H,13-19H2,1-2H3,(H,32,34)/t22-,23+,24?,25?,26?,28-,29+,30-/m0/s1. The van der Waals surface area contributed by atoms with Gasteiger partial charge in [0.05, 0.1) is 6.10 Å². The number of benzene rings is 2. The number of nitrogens with one attached hydrogen (secondary N) is 1. The van der Waals surface area contributed by atoms with Gasteiger partial charge < -0.3 is 15.5 Å². The molecule has 1 saturated heterocycles. The largest absolute Gasteiger partial charge is 0.393 e. The number of hydrogen-bond donors (Lipinski definition) is 3. The molecule has 4 aliphatic rings. The van der Waals surface area contributed by atoms with Gasteiger partial charge in [-0.2, -0.15) is 0 Å². The lowest BCUT2D eigenvalue weighted by atomic mass is 9.43. The molecular weight excluding hydrogens is 434 g/mol. The van der Waals surface area contributed by atoms with Gasteiger partial charge >= 0.3 is 0 Å². The predicted molar refractivity (Wildman–Crippen MR) is 136 cm³/mol. The van der Waals surface area contributed by atoms with E-state index in [1.54, 1.807) is 0 Å². The van der Waals surface area contributed by atoms with Crippen LogP contribution in [0.1, 0.15) is 69.9 Å². The average Bonchev–Trinajstić information content (AvgIpc) is 3.19. The number of aliphatic hydroxyl groups excluding tert-OH is 1. The van der Waals surface area contributed by atoms with Crippen LogP contribution >= 0.6 is 0 Å². The van der Waals surface area contributed by atoms with Crippen LogP contribution in [-0.2, 0) is 10.4 Å². The summed E-state index contributed by atoms with van der Waals surface area (Å²) < 4.78 is 0. The number of fused-ring (bicyclic) bond motifs is 5. The summed E-state index contributed by atoms with van der Waals surface area (Å²) in [5.41, 5.74) is 0.603. The smallest absolute Gasteiger partial charge is 0.220 e. The van der Waals surface area contributed by atoms with Gasteiger partial charge in [-0.05, 0) is 78.2 Å². The van der Waals surface area contributed by atoms with E-state index >= 15 is 0 Å². The Morgan fingerprint density at radius 1 is 0.857 bits per heavy atom. The van der Waals surface area contributed by atoms with Crippen LogP contribution in [0.15, 0.2) is 60.7 Å². The van der Waals surface area contributed by atoms with Crippen molar-refractivity contribution in [2.24, 2.45) is 34.5 Å². The Morgan fingerprint density at radius 2 is 1.46 bits per heavy atom. The van der Waals surface area contributed by atoms with Crippen LogP contribution in [0.2, 0.25) is 0 Å². The molecular formula is C31H39NO3. The molecule has 3 N–H and O–H groups in total. The topological polar surface area (TPSA) is 69.6 Å². The first kappa shape index (κ1) is 23.2. The highest BCUT2D eigenvalue weighted by Crippen LogP contribution is 2.67. The number of amides is 1. The van der Waals surface area contributed by atoms with Crippen molar-refractivity contribution < 1.29 is 15.0 Å². The van der Waals surface area contributed by atoms with E-state index in [0.29, 0.717) is 18.3 Å². The van der Waals surface area contributed by atoms with Crippen LogP contribution in [0.4, 0.5) is 0 Å². The highest BCUT2D eigenvalue weighted by molar-refractivity contribution is 5.77. The molecule has 3 saturated carbocycles. The van der Waals surface area contributed by atoms with Crippen LogP contribution in [0.25, 0.3) is 0 Å². The van der Waals surface area contributed by atoms with Crippen molar-refractivity contribution >= 4 is 5.91 Å². The summed E-state index contributed by atoms with van der Waals surface area (Å²) in [5.74, 6) is 1.16. The first-order valence-electron chi connectivity index (χ1n) is 13.6. The Hall–Kier alpha value is -2.17. The number of aliphatic hydroxyl groups is 2. The van der Waals surface area contributed by atoms with Crippen molar-refractivity contribution in [2.75, 3.05) is 0 Å². The fourth-order valence-corrected chi connectivity index (χ4v) is 9.10. The zero-order chi connectivity index (χ0) is 24.4. The number of rotatable bonds is 3. The van der Waals surface area contributed by atoms with Gasteiger partial charge in [0, 0.05) is 18.4 Å². The minimum atomic E-state index is -1.17. The van der Waals surface area contributed by atoms with E-state index in [-0.39, 0.29) is 40.7 Å². The van der Waals surface area contributed by atoms with E-state index in [2.05, 4.69) is 43.4 Å². The lowest BCUT2D eigenvalue weighted by Gasteiger charge is -2.64. The van der Waals surface area contributed by atoms with Crippen LogP contribution < -0.4 is 5.32 Å². The summed E-state index contributed by atoms with van der Waals surface area (Å²) >= 11 is 0. The molecule has 1 amide bonds. The maximum atomic E-state index is 13.0.